The molecule has 0 aromatic carbocycles. The number of halogens is 4. The Balaban J connectivity index is 3.38. The number of hydrogen-bond donors (Lipinski definition) is 0. The van der Waals surface area contributed by atoms with E-state index < -0.39 is 22.7 Å². The molecule has 0 saturated heterocycles. The average molecular weight is 346 g/mol. The molecule has 0 amide bonds. The minimum absolute atomic E-state index is 0.0972. The lowest BCUT2D eigenvalue weighted by Gasteiger charge is -2.04. The number of pyridine rings is 1. The van der Waals surface area contributed by atoms with E-state index in [2.05, 4.69) is 36.8 Å². The quantitative estimate of drug-likeness (QED) is 0.478. The number of rotatable bonds is 3. The molecular weight excluding hydrogens is 342 g/mol. The van der Waals surface area contributed by atoms with Crippen LogP contribution in [0.15, 0.2) is 10.5 Å². The van der Waals surface area contributed by atoms with Gasteiger partial charge >= 0.3 is 5.82 Å². The fraction of sp³-hybridized carbons (Fsp3) is 0.286. The van der Waals surface area contributed by atoms with Gasteiger partial charge in [-0.2, -0.15) is 0 Å². The first-order valence-electron chi connectivity index (χ1n) is 3.65. The van der Waals surface area contributed by atoms with Crippen LogP contribution in [0.2, 0.25) is 0 Å². The molecule has 0 radical (unpaired) electrons. The van der Waals surface area contributed by atoms with Gasteiger partial charge in [-0.1, -0.05) is 15.9 Å². The molecule has 0 aliphatic rings. The molecule has 8 heteroatoms. The second kappa shape index (κ2) is 4.93. The predicted molar refractivity (Wildman–Crippen MR) is 56.2 cm³/mol. The third-order valence-electron chi connectivity index (χ3n) is 1.59. The lowest BCUT2D eigenvalue weighted by molar-refractivity contribution is -0.389. The van der Waals surface area contributed by atoms with Crippen molar-refractivity contribution < 1.29 is 13.7 Å². The first-order chi connectivity index (χ1) is 6.97. The van der Waals surface area contributed by atoms with Crippen LogP contribution in [-0.2, 0) is 5.33 Å². The largest absolute Gasteiger partial charge is 0.364 e. The van der Waals surface area contributed by atoms with Crippen LogP contribution >= 0.6 is 31.9 Å². The van der Waals surface area contributed by atoms with Crippen LogP contribution in [0.5, 0.6) is 0 Å². The first kappa shape index (κ1) is 12.4. The number of nitro groups is 1. The summed E-state index contributed by atoms with van der Waals surface area (Å²) in [6.45, 7) is 0. The second-order valence-electron chi connectivity index (χ2n) is 2.52. The van der Waals surface area contributed by atoms with Crippen LogP contribution in [0, 0.1) is 10.1 Å². The highest BCUT2D eigenvalue weighted by atomic mass is 79.9. The lowest BCUT2D eigenvalue weighted by Crippen LogP contribution is -2.00. The van der Waals surface area contributed by atoms with E-state index in [0.717, 1.165) is 6.07 Å². The van der Waals surface area contributed by atoms with Crippen LogP contribution in [0.1, 0.15) is 17.7 Å². The fourth-order valence-corrected chi connectivity index (χ4v) is 2.23. The average Bonchev–Trinajstić information content (AvgIpc) is 2.17. The molecule has 0 bridgehead atoms. The smallest absolute Gasteiger partial charge is 0.358 e. The highest BCUT2D eigenvalue weighted by molar-refractivity contribution is 9.10. The van der Waals surface area contributed by atoms with Gasteiger partial charge in [0.05, 0.1) is 9.80 Å². The monoisotopic (exact) mass is 344 g/mol. The van der Waals surface area contributed by atoms with E-state index in [4.69, 9.17) is 0 Å². The summed E-state index contributed by atoms with van der Waals surface area (Å²) in [6, 6.07) is 0.765. The molecule has 0 unspecified atom stereocenters. The molecule has 0 spiro atoms. The molecule has 0 aliphatic heterocycles. The van der Waals surface area contributed by atoms with Crippen molar-refractivity contribution in [1.82, 2.24) is 4.98 Å². The molecule has 82 valence electrons. The van der Waals surface area contributed by atoms with Gasteiger partial charge in [0.2, 0.25) is 0 Å². The molecule has 1 aromatic rings. The van der Waals surface area contributed by atoms with E-state index in [0.29, 0.717) is 0 Å². The molecule has 1 aromatic heterocycles. The Bertz CT molecular complexity index is 401. The summed E-state index contributed by atoms with van der Waals surface area (Å²) in [7, 11) is 0. The SMILES string of the molecule is O=[N+]([O-])c1cc(C(F)F)c(Br)c(CBr)n1. The fourth-order valence-electron chi connectivity index (χ4n) is 0.930. The number of aromatic nitrogens is 1. The molecular formula is C7H4Br2F2N2O2. The van der Waals surface area contributed by atoms with Crippen molar-refractivity contribution in [3.8, 4) is 0 Å². The van der Waals surface area contributed by atoms with Gasteiger partial charge in [0.1, 0.15) is 0 Å². The predicted octanol–water partition coefficient (Wildman–Crippen LogP) is 3.58. The molecule has 0 saturated carbocycles. The summed E-state index contributed by atoms with van der Waals surface area (Å²) < 4.78 is 25.1. The van der Waals surface area contributed by atoms with E-state index >= 15 is 0 Å². The Labute approximate surface area is 100 Å². The van der Waals surface area contributed by atoms with E-state index in [1.165, 1.54) is 0 Å². The highest BCUT2D eigenvalue weighted by Crippen LogP contribution is 2.32. The Kier molecular flexibility index (Phi) is 4.09. The van der Waals surface area contributed by atoms with E-state index in [1.807, 2.05) is 0 Å². The minimum Gasteiger partial charge on any atom is -0.358 e. The summed E-state index contributed by atoms with van der Waals surface area (Å²) in [4.78, 5) is 13.2. The van der Waals surface area contributed by atoms with Crippen molar-refractivity contribution in [3.63, 3.8) is 0 Å². The molecule has 4 nitrogen and oxygen atoms in total. The molecule has 0 fully saturated rings. The zero-order valence-electron chi connectivity index (χ0n) is 7.08. The number of alkyl halides is 3. The summed E-state index contributed by atoms with van der Waals surface area (Å²) in [5.41, 5.74) is -0.245. The van der Waals surface area contributed by atoms with Crippen LogP contribution in [0.3, 0.4) is 0 Å². The van der Waals surface area contributed by atoms with Gasteiger partial charge in [0.15, 0.2) is 5.69 Å². The van der Waals surface area contributed by atoms with Gasteiger partial charge in [-0.25, -0.2) is 8.78 Å². The summed E-state index contributed by atoms with van der Waals surface area (Å²) in [6.07, 6.45) is -2.78. The normalized spacial score (nSPS) is 10.7. The van der Waals surface area contributed by atoms with Crippen molar-refractivity contribution >= 4 is 37.7 Å². The molecule has 0 N–H and O–H groups in total. The van der Waals surface area contributed by atoms with E-state index in [-0.39, 0.29) is 15.5 Å². The molecule has 1 heterocycles. The maximum atomic E-state index is 12.5. The van der Waals surface area contributed by atoms with E-state index in [1.54, 1.807) is 0 Å². The zero-order valence-corrected chi connectivity index (χ0v) is 10.3. The second-order valence-corrected chi connectivity index (χ2v) is 3.88. The summed E-state index contributed by atoms with van der Waals surface area (Å²) in [5.74, 6) is -0.581. The van der Waals surface area contributed by atoms with Gasteiger partial charge in [-0.15, -0.1) is 0 Å². The molecule has 15 heavy (non-hydrogen) atoms. The Morgan fingerprint density at radius 3 is 2.60 bits per heavy atom. The third kappa shape index (κ3) is 2.69. The van der Waals surface area contributed by atoms with Crippen molar-refractivity contribution in [3.05, 3.63) is 31.9 Å². The standard InChI is InChI=1S/C7H4Br2F2N2O2/c8-2-4-6(9)3(7(10)11)1-5(12-4)13(14)15/h1,7H,2H2. The maximum absolute atomic E-state index is 12.5. The van der Waals surface area contributed by atoms with Gasteiger partial charge in [0, 0.05) is 11.6 Å². The maximum Gasteiger partial charge on any atom is 0.364 e. The first-order valence-corrected chi connectivity index (χ1v) is 5.56. The van der Waals surface area contributed by atoms with Gasteiger partial charge in [0.25, 0.3) is 6.43 Å². The van der Waals surface area contributed by atoms with Crippen molar-refractivity contribution in [1.29, 1.82) is 0 Å². The Morgan fingerprint density at radius 1 is 1.60 bits per heavy atom. The number of nitrogens with zero attached hydrogens (tertiary/aromatic N) is 2. The summed E-state index contributed by atoms with van der Waals surface area (Å²) >= 11 is 5.95. The topological polar surface area (TPSA) is 56.0 Å². The van der Waals surface area contributed by atoms with Crippen molar-refractivity contribution in [2.75, 3.05) is 0 Å². The van der Waals surface area contributed by atoms with Gasteiger partial charge in [-0.05, 0) is 25.8 Å². The molecule has 0 atom stereocenters. The van der Waals surface area contributed by atoms with Crippen LogP contribution in [0.4, 0.5) is 14.6 Å². The molecule has 0 aliphatic carbocycles. The minimum atomic E-state index is -2.78. The van der Waals surface area contributed by atoms with Crippen molar-refractivity contribution in [2.45, 2.75) is 11.8 Å². The van der Waals surface area contributed by atoms with Gasteiger partial charge < -0.3 is 10.1 Å². The third-order valence-corrected chi connectivity index (χ3v) is 3.04. The van der Waals surface area contributed by atoms with Crippen LogP contribution in [-0.4, -0.2) is 9.91 Å². The Hall–Kier alpha value is -0.630. The van der Waals surface area contributed by atoms with Crippen LogP contribution < -0.4 is 0 Å². The lowest BCUT2D eigenvalue weighted by atomic mass is 10.2. The number of hydrogen-bond acceptors (Lipinski definition) is 3. The van der Waals surface area contributed by atoms with Crippen LogP contribution in [0.25, 0.3) is 0 Å². The van der Waals surface area contributed by atoms with Crippen molar-refractivity contribution in [2.24, 2.45) is 0 Å². The Morgan fingerprint density at radius 2 is 2.20 bits per heavy atom. The van der Waals surface area contributed by atoms with E-state index in [9.17, 15) is 18.9 Å². The summed E-state index contributed by atoms with van der Waals surface area (Å²) in [5, 5.41) is 10.6. The highest BCUT2D eigenvalue weighted by Gasteiger charge is 2.23. The zero-order chi connectivity index (χ0) is 11.6. The molecule has 1 rings (SSSR count). The van der Waals surface area contributed by atoms with Gasteiger partial charge in [-0.3, -0.25) is 0 Å².